The molecule has 0 saturated carbocycles. The van der Waals surface area contributed by atoms with Crippen LogP contribution in [0.2, 0.25) is 0 Å². The van der Waals surface area contributed by atoms with Gasteiger partial charge in [0.25, 0.3) is 0 Å². The lowest BCUT2D eigenvalue weighted by Crippen LogP contribution is -2.62. The van der Waals surface area contributed by atoms with Crippen LogP contribution in [0, 0.1) is 11.3 Å². The van der Waals surface area contributed by atoms with E-state index in [1.807, 2.05) is 0 Å². The molecule has 1 fully saturated rings. The van der Waals surface area contributed by atoms with Crippen molar-refractivity contribution in [2.75, 3.05) is 26.2 Å². The Kier molecular flexibility index (Phi) is 6.06. The first-order chi connectivity index (χ1) is 9.00. The van der Waals surface area contributed by atoms with Crippen molar-refractivity contribution in [1.29, 1.82) is 0 Å². The van der Waals surface area contributed by atoms with Crippen LogP contribution in [0.5, 0.6) is 0 Å². The Balaban J connectivity index is 2.62. The Bertz CT molecular complexity index is 288. The van der Waals surface area contributed by atoms with Crippen LogP contribution in [0.15, 0.2) is 0 Å². The molecule has 2 unspecified atom stereocenters. The van der Waals surface area contributed by atoms with E-state index in [4.69, 9.17) is 4.74 Å². The van der Waals surface area contributed by atoms with Gasteiger partial charge < -0.3 is 10.1 Å². The highest BCUT2D eigenvalue weighted by atomic mass is 16.5. The van der Waals surface area contributed by atoms with Crippen LogP contribution < -0.4 is 5.32 Å². The summed E-state index contributed by atoms with van der Waals surface area (Å²) in [5.74, 6) is 0.682. The van der Waals surface area contributed by atoms with E-state index in [0.717, 1.165) is 26.2 Å². The van der Waals surface area contributed by atoms with Gasteiger partial charge in [0, 0.05) is 31.7 Å². The lowest BCUT2D eigenvalue weighted by atomic mass is 9.83. The van der Waals surface area contributed by atoms with Crippen molar-refractivity contribution in [2.45, 2.75) is 73.1 Å². The van der Waals surface area contributed by atoms with Crippen molar-refractivity contribution in [2.24, 2.45) is 11.3 Å². The van der Waals surface area contributed by atoms with Crippen LogP contribution in [0.25, 0.3) is 0 Å². The fraction of sp³-hybridized carbons (Fsp3) is 1.00. The molecule has 0 aromatic rings. The molecule has 0 bridgehead atoms. The van der Waals surface area contributed by atoms with Gasteiger partial charge in [0.2, 0.25) is 0 Å². The van der Waals surface area contributed by atoms with Gasteiger partial charge in [-0.15, -0.1) is 0 Å². The van der Waals surface area contributed by atoms with E-state index in [-0.39, 0.29) is 5.60 Å². The van der Waals surface area contributed by atoms with Gasteiger partial charge in [0.05, 0.1) is 12.2 Å². The van der Waals surface area contributed by atoms with E-state index in [1.54, 1.807) is 0 Å². The molecule has 3 nitrogen and oxygen atoms in total. The fourth-order valence-corrected chi connectivity index (χ4v) is 2.85. The first-order valence-corrected chi connectivity index (χ1v) is 8.12. The van der Waals surface area contributed by atoms with Crippen LogP contribution in [0.3, 0.4) is 0 Å². The summed E-state index contributed by atoms with van der Waals surface area (Å²) < 4.78 is 5.93. The Labute approximate surface area is 126 Å². The number of rotatable bonds is 4. The average molecular weight is 284 g/mol. The minimum Gasteiger partial charge on any atom is -0.375 e. The smallest absolute Gasteiger partial charge is 0.0600 e. The highest BCUT2D eigenvalue weighted by Crippen LogP contribution is 2.27. The zero-order chi connectivity index (χ0) is 15.6. The summed E-state index contributed by atoms with van der Waals surface area (Å²) in [6, 6.07) is 1.18. The monoisotopic (exact) mass is 284 g/mol. The molecule has 1 aliphatic rings. The number of piperazine rings is 1. The van der Waals surface area contributed by atoms with Crippen molar-refractivity contribution in [3.63, 3.8) is 0 Å². The molecular weight excluding hydrogens is 248 g/mol. The van der Waals surface area contributed by atoms with Crippen molar-refractivity contribution in [3.8, 4) is 0 Å². The van der Waals surface area contributed by atoms with Crippen LogP contribution in [0.4, 0.5) is 0 Å². The SMILES string of the molecule is CC(C)C1CN(CCOC(C)(C)C)C(C(C)(C)C)CN1. The minimum atomic E-state index is -0.0390. The molecule has 1 saturated heterocycles. The molecule has 1 heterocycles. The Morgan fingerprint density at radius 3 is 2.20 bits per heavy atom. The summed E-state index contributed by atoms with van der Waals surface area (Å²) in [5.41, 5.74) is 0.263. The zero-order valence-corrected chi connectivity index (χ0v) is 14.9. The van der Waals surface area contributed by atoms with E-state index in [1.165, 1.54) is 0 Å². The molecular formula is C17H36N2O. The molecule has 0 amide bonds. The van der Waals surface area contributed by atoms with Crippen molar-refractivity contribution < 1.29 is 4.74 Å². The number of hydrogen-bond donors (Lipinski definition) is 1. The normalized spacial score (nSPS) is 26.2. The highest BCUT2D eigenvalue weighted by molar-refractivity contribution is 4.93. The van der Waals surface area contributed by atoms with Crippen LogP contribution in [-0.2, 0) is 4.74 Å². The molecule has 1 N–H and O–H groups in total. The molecule has 0 spiro atoms. The number of nitrogens with one attached hydrogen (secondary N) is 1. The van der Waals surface area contributed by atoms with Gasteiger partial charge in [-0.2, -0.15) is 0 Å². The van der Waals surface area contributed by atoms with Crippen molar-refractivity contribution in [3.05, 3.63) is 0 Å². The lowest BCUT2D eigenvalue weighted by Gasteiger charge is -2.47. The first kappa shape index (κ1) is 17.9. The molecule has 2 atom stereocenters. The van der Waals surface area contributed by atoms with E-state index >= 15 is 0 Å². The molecule has 1 rings (SSSR count). The number of ether oxygens (including phenoxy) is 1. The minimum absolute atomic E-state index is 0.0390. The van der Waals surface area contributed by atoms with Crippen molar-refractivity contribution in [1.82, 2.24) is 10.2 Å². The van der Waals surface area contributed by atoms with Gasteiger partial charge in [0.15, 0.2) is 0 Å². The summed E-state index contributed by atoms with van der Waals surface area (Å²) in [4.78, 5) is 2.63. The molecule has 1 aliphatic heterocycles. The Morgan fingerprint density at radius 1 is 1.15 bits per heavy atom. The number of hydrogen-bond acceptors (Lipinski definition) is 3. The summed E-state index contributed by atoms with van der Waals surface area (Å²) in [6.45, 7) is 22.1. The molecule has 3 heteroatoms. The largest absolute Gasteiger partial charge is 0.375 e. The van der Waals surface area contributed by atoms with E-state index in [0.29, 0.717) is 23.4 Å². The highest BCUT2D eigenvalue weighted by Gasteiger charge is 2.36. The zero-order valence-electron chi connectivity index (χ0n) is 14.9. The molecule has 0 aliphatic carbocycles. The van der Waals surface area contributed by atoms with Crippen molar-refractivity contribution >= 4 is 0 Å². The summed E-state index contributed by atoms with van der Waals surface area (Å²) in [5, 5.41) is 3.73. The second-order valence-electron chi connectivity index (χ2n) is 8.60. The summed E-state index contributed by atoms with van der Waals surface area (Å²) in [7, 11) is 0. The molecule has 0 aromatic heterocycles. The molecule has 20 heavy (non-hydrogen) atoms. The van der Waals surface area contributed by atoms with E-state index < -0.39 is 0 Å². The maximum atomic E-state index is 5.93. The molecule has 0 radical (unpaired) electrons. The summed E-state index contributed by atoms with van der Waals surface area (Å²) in [6.07, 6.45) is 0. The molecule has 0 aromatic carbocycles. The van der Waals surface area contributed by atoms with Gasteiger partial charge in [-0.3, -0.25) is 4.90 Å². The van der Waals surface area contributed by atoms with Gasteiger partial charge >= 0.3 is 0 Å². The topological polar surface area (TPSA) is 24.5 Å². The van der Waals surface area contributed by atoms with Gasteiger partial charge in [0.1, 0.15) is 0 Å². The predicted octanol–water partition coefficient (Wildman–Crippen LogP) is 3.15. The quantitative estimate of drug-likeness (QED) is 0.858. The Morgan fingerprint density at radius 2 is 1.75 bits per heavy atom. The second-order valence-corrected chi connectivity index (χ2v) is 8.60. The molecule has 120 valence electrons. The predicted molar refractivity (Wildman–Crippen MR) is 87.1 cm³/mol. The van der Waals surface area contributed by atoms with Crippen LogP contribution in [0.1, 0.15) is 55.4 Å². The first-order valence-electron chi connectivity index (χ1n) is 8.12. The third kappa shape index (κ3) is 5.71. The maximum Gasteiger partial charge on any atom is 0.0600 e. The van der Waals surface area contributed by atoms with Crippen LogP contribution in [-0.4, -0.2) is 48.8 Å². The third-order valence-corrected chi connectivity index (χ3v) is 4.16. The maximum absolute atomic E-state index is 5.93. The Hall–Kier alpha value is -0.120. The van der Waals surface area contributed by atoms with Crippen LogP contribution >= 0.6 is 0 Å². The van der Waals surface area contributed by atoms with Gasteiger partial charge in [-0.25, -0.2) is 0 Å². The summed E-state index contributed by atoms with van der Waals surface area (Å²) >= 11 is 0. The van der Waals surface area contributed by atoms with E-state index in [9.17, 15) is 0 Å². The van der Waals surface area contributed by atoms with Gasteiger partial charge in [-0.1, -0.05) is 34.6 Å². The fourth-order valence-electron chi connectivity index (χ4n) is 2.85. The van der Waals surface area contributed by atoms with E-state index in [2.05, 4.69) is 65.6 Å². The standard InChI is InChI=1S/C17H36N2O/c1-13(2)14-12-19(9-10-20-17(6,7)8)15(11-18-14)16(3,4)5/h13-15,18H,9-12H2,1-8H3. The second kappa shape index (κ2) is 6.76. The average Bonchev–Trinajstić information content (AvgIpc) is 2.25. The lowest BCUT2D eigenvalue weighted by molar-refractivity contribution is -0.0344. The third-order valence-electron chi connectivity index (χ3n) is 4.16. The number of nitrogens with zero attached hydrogens (tertiary/aromatic N) is 1. The van der Waals surface area contributed by atoms with Gasteiger partial charge in [-0.05, 0) is 32.1 Å².